The van der Waals surface area contributed by atoms with E-state index in [1.54, 1.807) is 24.3 Å². The van der Waals surface area contributed by atoms with Crippen LogP contribution in [0.1, 0.15) is 25.7 Å². The number of amides is 2. The quantitative estimate of drug-likeness (QED) is 0.807. The summed E-state index contributed by atoms with van der Waals surface area (Å²) >= 11 is 5.77. The molecule has 4 aliphatic rings. The van der Waals surface area contributed by atoms with Crippen molar-refractivity contribution in [3.8, 4) is 5.75 Å². The minimum absolute atomic E-state index is 0.114. The topological polar surface area (TPSA) is 67.4 Å². The van der Waals surface area contributed by atoms with Gasteiger partial charge in [-0.05, 0) is 43.5 Å². The molecule has 1 unspecified atom stereocenters. The van der Waals surface area contributed by atoms with Crippen molar-refractivity contribution in [3.63, 3.8) is 0 Å². The molecule has 0 aromatic heterocycles. The first-order chi connectivity index (χ1) is 11.7. The van der Waals surface area contributed by atoms with E-state index in [0.29, 0.717) is 30.0 Å². The van der Waals surface area contributed by atoms with Crippen LogP contribution in [0.4, 0.5) is 8.78 Å². The van der Waals surface area contributed by atoms with Crippen molar-refractivity contribution in [1.82, 2.24) is 10.6 Å². The van der Waals surface area contributed by atoms with Gasteiger partial charge < -0.3 is 15.4 Å². The fraction of sp³-hybridized carbons (Fsp3) is 0.529. The smallest absolute Gasteiger partial charge is 0.260 e. The van der Waals surface area contributed by atoms with Crippen LogP contribution >= 0.6 is 11.6 Å². The van der Waals surface area contributed by atoms with Crippen molar-refractivity contribution in [2.45, 2.75) is 42.7 Å². The van der Waals surface area contributed by atoms with Crippen LogP contribution in [-0.4, -0.2) is 35.4 Å². The lowest BCUT2D eigenvalue weighted by molar-refractivity contribution is -0.151. The van der Waals surface area contributed by atoms with E-state index in [1.165, 1.54) is 0 Å². The van der Waals surface area contributed by atoms with Crippen molar-refractivity contribution >= 4 is 23.4 Å². The van der Waals surface area contributed by atoms with E-state index in [4.69, 9.17) is 16.3 Å². The van der Waals surface area contributed by atoms with Crippen molar-refractivity contribution < 1.29 is 23.1 Å². The standard InChI is InChI=1S/C17H17ClF2N2O3/c18-10-1-3-11(4-2-10)25-6-13(23)21-15-7-16(8-15,9-15)22-14(24)12-5-17(12,19)20/h1-4,12H,5-9H2,(H,21,23)(H,22,24). The summed E-state index contributed by atoms with van der Waals surface area (Å²) in [7, 11) is 0. The van der Waals surface area contributed by atoms with E-state index in [0.717, 1.165) is 0 Å². The largest absolute Gasteiger partial charge is 0.484 e. The second-order valence-electron chi connectivity index (χ2n) is 7.39. The normalized spacial score (nSPS) is 33.5. The molecule has 4 saturated carbocycles. The van der Waals surface area contributed by atoms with Crippen molar-refractivity contribution in [3.05, 3.63) is 29.3 Å². The van der Waals surface area contributed by atoms with E-state index in [9.17, 15) is 18.4 Å². The zero-order valence-electron chi connectivity index (χ0n) is 13.3. The monoisotopic (exact) mass is 370 g/mol. The maximum atomic E-state index is 12.9. The molecule has 5 rings (SSSR count). The second-order valence-corrected chi connectivity index (χ2v) is 7.83. The molecule has 2 amide bonds. The zero-order chi connectivity index (χ0) is 17.9. The maximum absolute atomic E-state index is 12.9. The van der Waals surface area contributed by atoms with Gasteiger partial charge in [-0.25, -0.2) is 8.78 Å². The Bertz CT molecular complexity index is 718. The summed E-state index contributed by atoms with van der Waals surface area (Å²) in [5, 5.41) is 6.22. The van der Waals surface area contributed by atoms with Gasteiger partial charge in [-0.2, -0.15) is 0 Å². The third-order valence-electron chi connectivity index (χ3n) is 5.15. The van der Waals surface area contributed by atoms with Gasteiger partial charge in [0.05, 0.1) is 0 Å². The zero-order valence-corrected chi connectivity index (χ0v) is 14.0. The van der Waals surface area contributed by atoms with Crippen LogP contribution in [0.25, 0.3) is 0 Å². The number of carbonyl (C=O) groups is 2. The molecule has 4 aliphatic carbocycles. The molecule has 2 bridgehead atoms. The number of benzene rings is 1. The Morgan fingerprint density at radius 1 is 1.12 bits per heavy atom. The van der Waals surface area contributed by atoms with E-state index in [2.05, 4.69) is 10.6 Å². The summed E-state index contributed by atoms with van der Waals surface area (Å²) in [6.07, 6.45) is 1.38. The molecule has 0 heterocycles. The van der Waals surface area contributed by atoms with Gasteiger partial charge in [-0.1, -0.05) is 11.6 Å². The lowest BCUT2D eigenvalue weighted by Gasteiger charge is -2.70. The molecule has 0 aliphatic heterocycles. The number of rotatable bonds is 6. The van der Waals surface area contributed by atoms with Crippen LogP contribution in [0.5, 0.6) is 5.75 Å². The highest BCUT2D eigenvalue weighted by molar-refractivity contribution is 6.30. The SMILES string of the molecule is O=C(COc1ccc(Cl)cc1)NC12CC(NC(=O)C3CC3(F)F)(C1)C2. The predicted molar refractivity (Wildman–Crippen MR) is 85.6 cm³/mol. The number of nitrogens with one attached hydrogen (secondary N) is 2. The summed E-state index contributed by atoms with van der Waals surface area (Å²) in [5.41, 5.74) is -0.750. The first kappa shape index (κ1) is 16.6. The Hall–Kier alpha value is -1.89. The number of alkyl halides is 2. The van der Waals surface area contributed by atoms with E-state index >= 15 is 0 Å². The molecule has 134 valence electrons. The van der Waals surface area contributed by atoms with E-state index < -0.39 is 23.3 Å². The summed E-state index contributed by atoms with van der Waals surface area (Å²) in [5.74, 6) is -4.30. The summed E-state index contributed by atoms with van der Waals surface area (Å²) < 4.78 is 31.2. The van der Waals surface area contributed by atoms with Crippen molar-refractivity contribution in [1.29, 1.82) is 0 Å². The summed E-state index contributed by atoms with van der Waals surface area (Å²) in [4.78, 5) is 23.8. The molecule has 5 nitrogen and oxygen atoms in total. The third-order valence-corrected chi connectivity index (χ3v) is 5.40. The lowest BCUT2D eigenvalue weighted by Crippen LogP contribution is -2.84. The van der Waals surface area contributed by atoms with Gasteiger partial charge in [0.2, 0.25) is 5.91 Å². The first-order valence-electron chi connectivity index (χ1n) is 8.10. The van der Waals surface area contributed by atoms with Gasteiger partial charge in [0.25, 0.3) is 11.8 Å². The molecular formula is C17H17ClF2N2O3. The van der Waals surface area contributed by atoms with Gasteiger partial charge >= 0.3 is 0 Å². The number of hydrogen-bond donors (Lipinski definition) is 2. The number of halogens is 3. The first-order valence-corrected chi connectivity index (χ1v) is 8.48. The van der Waals surface area contributed by atoms with E-state index in [-0.39, 0.29) is 24.5 Å². The minimum atomic E-state index is -2.85. The Morgan fingerprint density at radius 2 is 1.68 bits per heavy atom. The number of ether oxygens (including phenoxy) is 1. The summed E-state index contributed by atoms with van der Waals surface area (Å²) in [6, 6.07) is 6.70. The minimum Gasteiger partial charge on any atom is -0.484 e. The molecule has 0 spiro atoms. The van der Waals surface area contributed by atoms with Crippen molar-refractivity contribution in [2.75, 3.05) is 6.61 Å². The number of hydrogen-bond acceptors (Lipinski definition) is 3. The molecule has 4 fully saturated rings. The predicted octanol–water partition coefficient (Wildman–Crippen LogP) is 2.28. The average molecular weight is 371 g/mol. The van der Waals surface area contributed by atoms with Crippen LogP contribution in [-0.2, 0) is 9.59 Å². The lowest BCUT2D eigenvalue weighted by atomic mass is 9.44. The second kappa shape index (κ2) is 5.30. The van der Waals surface area contributed by atoms with Crippen LogP contribution in [0.2, 0.25) is 5.02 Å². The molecule has 1 atom stereocenters. The average Bonchev–Trinajstić information content (AvgIpc) is 3.12. The Morgan fingerprint density at radius 3 is 2.24 bits per heavy atom. The molecule has 1 aromatic rings. The third kappa shape index (κ3) is 3.05. The van der Waals surface area contributed by atoms with Crippen LogP contribution in [0.15, 0.2) is 24.3 Å². The van der Waals surface area contributed by atoms with Crippen molar-refractivity contribution in [2.24, 2.45) is 5.92 Å². The fourth-order valence-corrected chi connectivity index (χ4v) is 4.04. The Balaban J connectivity index is 1.20. The molecule has 25 heavy (non-hydrogen) atoms. The van der Waals surface area contributed by atoms with Crippen LogP contribution < -0.4 is 15.4 Å². The Kier molecular flexibility index (Phi) is 3.51. The summed E-state index contributed by atoms with van der Waals surface area (Å²) in [6.45, 7) is -0.114. The fourth-order valence-electron chi connectivity index (χ4n) is 3.91. The van der Waals surface area contributed by atoms with Gasteiger partial charge in [0.1, 0.15) is 11.7 Å². The molecule has 2 N–H and O–H groups in total. The highest BCUT2D eigenvalue weighted by atomic mass is 35.5. The van der Waals surface area contributed by atoms with Gasteiger partial charge in [-0.15, -0.1) is 0 Å². The number of carbonyl (C=O) groups excluding carboxylic acids is 2. The molecular weight excluding hydrogens is 354 g/mol. The van der Waals surface area contributed by atoms with Crippen LogP contribution in [0.3, 0.4) is 0 Å². The molecule has 0 radical (unpaired) electrons. The van der Waals surface area contributed by atoms with Gasteiger partial charge in [0.15, 0.2) is 6.61 Å². The maximum Gasteiger partial charge on any atom is 0.260 e. The highest BCUT2D eigenvalue weighted by Crippen LogP contribution is 2.61. The molecule has 8 heteroatoms. The van der Waals surface area contributed by atoms with E-state index in [1.807, 2.05) is 0 Å². The Labute approximate surface area is 148 Å². The highest BCUT2D eigenvalue weighted by Gasteiger charge is 2.71. The molecule has 0 saturated heterocycles. The van der Waals surface area contributed by atoms with Gasteiger partial charge in [0, 0.05) is 22.5 Å². The van der Waals surface area contributed by atoms with Crippen LogP contribution in [0, 0.1) is 5.92 Å². The molecule has 1 aromatic carbocycles. The van der Waals surface area contributed by atoms with Gasteiger partial charge in [-0.3, -0.25) is 9.59 Å².